The lowest BCUT2D eigenvalue weighted by molar-refractivity contribution is -0.122. The zero-order valence-corrected chi connectivity index (χ0v) is 9.17. The molecule has 0 aliphatic carbocycles. The second kappa shape index (κ2) is 5.55. The van der Waals surface area contributed by atoms with Gasteiger partial charge in [0.05, 0.1) is 0 Å². The van der Waals surface area contributed by atoms with Crippen molar-refractivity contribution in [3.05, 3.63) is 29.8 Å². The molecule has 0 N–H and O–H groups in total. The number of halogens is 2. The molecule has 1 amide bonds. The Balaban J connectivity index is 2.95. The number of benzene rings is 1. The Hall–Kier alpha value is -1.49. The van der Waals surface area contributed by atoms with Crippen LogP contribution >= 0.6 is 0 Å². The molecule has 1 rings (SSSR count). The first-order chi connectivity index (χ1) is 7.60. The summed E-state index contributed by atoms with van der Waals surface area (Å²) >= 11 is 0. The molecule has 0 aromatic heterocycles. The Kier molecular flexibility index (Phi) is 4.37. The number of amides is 1. The first kappa shape index (κ1) is 12.6. The summed E-state index contributed by atoms with van der Waals surface area (Å²) in [4.78, 5) is 12.9. The topological polar surface area (TPSA) is 29.5 Å². The van der Waals surface area contributed by atoms with Gasteiger partial charge in [-0.25, -0.2) is 8.78 Å². The third-order valence-corrected chi connectivity index (χ3v) is 2.10. The minimum atomic E-state index is -0.971. The van der Waals surface area contributed by atoms with Crippen LogP contribution in [0, 0.1) is 11.6 Å². The molecular formula is C11H13F2NO2. The van der Waals surface area contributed by atoms with Gasteiger partial charge < -0.3 is 9.64 Å². The average molecular weight is 229 g/mol. The number of hydrogen-bond donors (Lipinski definition) is 0. The predicted molar refractivity (Wildman–Crippen MR) is 56.3 cm³/mol. The highest BCUT2D eigenvalue weighted by Gasteiger charge is 2.15. The third-order valence-electron chi connectivity index (χ3n) is 2.10. The highest BCUT2D eigenvalue weighted by molar-refractivity contribution is 5.94. The zero-order chi connectivity index (χ0) is 12.1. The number of methoxy groups -OCH3 is 1. The van der Waals surface area contributed by atoms with Crippen molar-refractivity contribution < 1.29 is 18.3 Å². The van der Waals surface area contributed by atoms with Gasteiger partial charge in [-0.15, -0.1) is 0 Å². The predicted octanol–water partition coefficient (Wildman–Crippen LogP) is 1.96. The summed E-state index contributed by atoms with van der Waals surface area (Å²) in [6, 6.07) is 3.34. The van der Waals surface area contributed by atoms with Gasteiger partial charge in [0.25, 0.3) is 5.91 Å². The number of hydrogen-bond acceptors (Lipinski definition) is 2. The zero-order valence-electron chi connectivity index (χ0n) is 9.17. The molecule has 0 unspecified atom stereocenters. The molecular weight excluding hydrogens is 216 g/mol. The quantitative estimate of drug-likeness (QED) is 0.789. The molecule has 0 saturated carbocycles. The molecule has 0 radical (unpaired) electrons. The van der Waals surface area contributed by atoms with Gasteiger partial charge in [0.2, 0.25) is 0 Å². The van der Waals surface area contributed by atoms with Crippen molar-refractivity contribution in [3.63, 3.8) is 0 Å². The van der Waals surface area contributed by atoms with Crippen LogP contribution in [0.25, 0.3) is 0 Å². The van der Waals surface area contributed by atoms with Crippen molar-refractivity contribution in [1.82, 2.24) is 0 Å². The van der Waals surface area contributed by atoms with Gasteiger partial charge in [-0.2, -0.15) is 0 Å². The Labute approximate surface area is 92.6 Å². The number of carbonyl (C=O) groups excluding carboxylic acids is 1. The molecule has 5 heteroatoms. The van der Waals surface area contributed by atoms with Crippen LogP contribution in [0.4, 0.5) is 14.5 Å². The Morgan fingerprint density at radius 3 is 2.56 bits per heavy atom. The summed E-state index contributed by atoms with van der Waals surface area (Å²) in [5.41, 5.74) is 0.323. The number of rotatable bonds is 4. The van der Waals surface area contributed by atoms with E-state index in [1.165, 1.54) is 18.1 Å². The van der Waals surface area contributed by atoms with Crippen LogP contribution in [0.2, 0.25) is 0 Å². The summed E-state index contributed by atoms with van der Waals surface area (Å²) < 4.78 is 30.4. The van der Waals surface area contributed by atoms with Crippen LogP contribution in [0.5, 0.6) is 0 Å². The molecule has 88 valence electrons. The van der Waals surface area contributed by atoms with Gasteiger partial charge in [0, 0.05) is 25.4 Å². The van der Waals surface area contributed by atoms with Crippen LogP contribution < -0.4 is 4.90 Å². The minimum Gasteiger partial charge on any atom is -0.375 e. The molecule has 1 aromatic rings. The fourth-order valence-corrected chi connectivity index (χ4v) is 1.36. The normalized spacial score (nSPS) is 10.2. The van der Waals surface area contributed by atoms with Crippen LogP contribution in [0.3, 0.4) is 0 Å². The lowest BCUT2D eigenvalue weighted by atomic mass is 10.2. The van der Waals surface area contributed by atoms with Gasteiger partial charge in [-0.1, -0.05) is 0 Å². The summed E-state index contributed by atoms with van der Waals surface area (Å²) in [5.74, 6) is -2.20. The fraction of sp³-hybridized carbons (Fsp3) is 0.364. The van der Waals surface area contributed by atoms with Gasteiger partial charge in [0.1, 0.15) is 6.61 Å². The molecule has 3 nitrogen and oxygen atoms in total. The first-order valence-electron chi connectivity index (χ1n) is 4.84. The molecule has 0 aliphatic rings. The van der Waals surface area contributed by atoms with Crippen molar-refractivity contribution in [2.24, 2.45) is 0 Å². The Bertz CT molecular complexity index is 382. The second-order valence-electron chi connectivity index (χ2n) is 3.17. The highest BCUT2D eigenvalue weighted by Crippen LogP contribution is 2.17. The molecule has 0 aliphatic heterocycles. The molecule has 16 heavy (non-hydrogen) atoms. The van der Waals surface area contributed by atoms with Crippen molar-refractivity contribution in [2.45, 2.75) is 6.92 Å². The van der Waals surface area contributed by atoms with Crippen LogP contribution in [-0.2, 0) is 9.53 Å². The van der Waals surface area contributed by atoms with Crippen molar-refractivity contribution in [3.8, 4) is 0 Å². The van der Waals surface area contributed by atoms with E-state index >= 15 is 0 Å². The van der Waals surface area contributed by atoms with Crippen LogP contribution in [-0.4, -0.2) is 26.2 Å². The lowest BCUT2D eigenvalue weighted by Gasteiger charge is -2.20. The number of likely N-dealkylation sites (N-methyl/N-ethyl adjacent to an activating group) is 1. The van der Waals surface area contributed by atoms with E-state index in [9.17, 15) is 13.6 Å². The van der Waals surface area contributed by atoms with E-state index in [1.54, 1.807) is 6.92 Å². The SMILES string of the molecule is CCN(C(=O)COC)c1ccc(F)c(F)c1. The van der Waals surface area contributed by atoms with Gasteiger partial charge in [0.15, 0.2) is 11.6 Å². The second-order valence-corrected chi connectivity index (χ2v) is 3.17. The maximum atomic E-state index is 13.0. The van der Waals surface area contributed by atoms with E-state index in [1.807, 2.05) is 0 Å². The summed E-state index contributed by atoms with van der Waals surface area (Å²) in [6.45, 7) is 2.02. The maximum Gasteiger partial charge on any atom is 0.252 e. The Morgan fingerprint density at radius 2 is 2.06 bits per heavy atom. The molecule has 0 spiro atoms. The number of anilines is 1. The monoisotopic (exact) mass is 229 g/mol. The highest BCUT2D eigenvalue weighted by atomic mass is 19.2. The average Bonchev–Trinajstić information content (AvgIpc) is 2.25. The minimum absolute atomic E-state index is 0.0904. The summed E-state index contributed by atoms with van der Waals surface area (Å²) in [5, 5.41) is 0. The van der Waals surface area contributed by atoms with E-state index in [4.69, 9.17) is 4.74 Å². The van der Waals surface area contributed by atoms with E-state index in [-0.39, 0.29) is 12.5 Å². The van der Waals surface area contributed by atoms with E-state index < -0.39 is 11.6 Å². The third kappa shape index (κ3) is 2.76. The largest absolute Gasteiger partial charge is 0.375 e. The number of carbonyl (C=O) groups is 1. The van der Waals surface area contributed by atoms with Gasteiger partial charge >= 0.3 is 0 Å². The van der Waals surface area contributed by atoms with Crippen molar-refractivity contribution in [1.29, 1.82) is 0 Å². The molecule has 0 bridgehead atoms. The maximum absolute atomic E-state index is 13.0. The first-order valence-corrected chi connectivity index (χ1v) is 4.84. The molecule has 1 aromatic carbocycles. The number of ether oxygens (including phenoxy) is 1. The lowest BCUT2D eigenvalue weighted by Crippen LogP contribution is -2.33. The van der Waals surface area contributed by atoms with Crippen LogP contribution in [0.15, 0.2) is 18.2 Å². The van der Waals surface area contributed by atoms with E-state index in [0.717, 1.165) is 12.1 Å². The smallest absolute Gasteiger partial charge is 0.252 e. The van der Waals surface area contributed by atoms with E-state index in [2.05, 4.69) is 0 Å². The van der Waals surface area contributed by atoms with Gasteiger partial charge in [-0.3, -0.25) is 4.79 Å². The molecule has 0 fully saturated rings. The standard InChI is InChI=1S/C11H13F2NO2/c1-3-14(11(15)7-16-2)8-4-5-9(12)10(13)6-8/h4-6H,3,7H2,1-2H3. The molecule has 0 saturated heterocycles. The van der Waals surface area contributed by atoms with Crippen molar-refractivity contribution >= 4 is 11.6 Å². The van der Waals surface area contributed by atoms with Gasteiger partial charge in [-0.05, 0) is 19.1 Å². The Morgan fingerprint density at radius 1 is 1.38 bits per heavy atom. The number of nitrogens with zero attached hydrogens (tertiary/aromatic N) is 1. The summed E-state index contributed by atoms with van der Waals surface area (Å²) in [6.07, 6.45) is 0. The molecule has 0 atom stereocenters. The van der Waals surface area contributed by atoms with Crippen LogP contribution in [0.1, 0.15) is 6.92 Å². The van der Waals surface area contributed by atoms with Crippen molar-refractivity contribution in [2.75, 3.05) is 25.2 Å². The van der Waals surface area contributed by atoms with E-state index in [0.29, 0.717) is 12.2 Å². The fourth-order valence-electron chi connectivity index (χ4n) is 1.36. The summed E-state index contributed by atoms with van der Waals surface area (Å²) in [7, 11) is 1.40. The molecule has 0 heterocycles.